The molecule has 1 aromatic rings. The fourth-order valence-corrected chi connectivity index (χ4v) is 1.53. The molecule has 0 radical (unpaired) electrons. The summed E-state index contributed by atoms with van der Waals surface area (Å²) in [6.07, 6.45) is -6.69. The SMILES string of the molecule is CCOC(=O)OC(/C=C/c1ccccc1OCOC)C(F)(F)F. The van der Waals surface area contributed by atoms with Crippen LogP contribution in [0.4, 0.5) is 18.0 Å². The van der Waals surface area contributed by atoms with Crippen molar-refractivity contribution in [1.29, 1.82) is 0 Å². The molecule has 0 saturated carbocycles. The number of carbonyl (C=O) groups excluding carboxylic acids is 1. The molecule has 0 aliphatic heterocycles. The Bertz CT molecular complexity index is 528. The summed E-state index contributed by atoms with van der Waals surface area (Å²) in [7, 11) is 1.42. The van der Waals surface area contributed by atoms with E-state index in [0.717, 1.165) is 6.08 Å². The molecular formula is C15H17F3O5. The maximum Gasteiger partial charge on any atom is 0.509 e. The van der Waals surface area contributed by atoms with E-state index in [4.69, 9.17) is 9.47 Å². The Morgan fingerprint density at radius 1 is 1.30 bits per heavy atom. The normalized spacial score (nSPS) is 12.9. The number of benzene rings is 1. The van der Waals surface area contributed by atoms with Crippen LogP contribution in [0.15, 0.2) is 30.3 Å². The molecule has 0 aromatic heterocycles. The summed E-state index contributed by atoms with van der Waals surface area (Å²) in [4.78, 5) is 11.1. The van der Waals surface area contributed by atoms with E-state index in [2.05, 4.69) is 9.47 Å². The summed E-state index contributed by atoms with van der Waals surface area (Å²) in [5.74, 6) is 0.336. The van der Waals surface area contributed by atoms with Crippen LogP contribution in [0.2, 0.25) is 0 Å². The zero-order chi connectivity index (χ0) is 17.3. The van der Waals surface area contributed by atoms with Crippen molar-refractivity contribution in [3.8, 4) is 5.75 Å². The minimum Gasteiger partial charge on any atom is -0.467 e. The molecule has 0 aliphatic rings. The van der Waals surface area contributed by atoms with Gasteiger partial charge in [0.2, 0.25) is 6.10 Å². The zero-order valence-corrected chi connectivity index (χ0v) is 12.6. The molecular weight excluding hydrogens is 317 g/mol. The third-order valence-corrected chi connectivity index (χ3v) is 2.51. The van der Waals surface area contributed by atoms with Gasteiger partial charge in [0, 0.05) is 12.7 Å². The lowest BCUT2D eigenvalue weighted by molar-refractivity contribution is -0.193. The summed E-state index contributed by atoms with van der Waals surface area (Å²) < 4.78 is 57.3. The Balaban J connectivity index is 2.90. The second kappa shape index (κ2) is 9.04. The lowest BCUT2D eigenvalue weighted by Crippen LogP contribution is -2.32. The van der Waals surface area contributed by atoms with Crippen molar-refractivity contribution >= 4 is 12.2 Å². The smallest absolute Gasteiger partial charge is 0.467 e. The molecule has 0 heterocycles. The van der Waals surface area contributed by atoms with Gasteiger partial charge in [-0.3, -0.25) is 0 Å². The number of para-hydroxylation sites is 1. The first kappa shape index (κ1) is 18.8. The minimum absolute atomic E-state index is 0.0487. The molecule has 23 heavy (non-hydrogen) atoms. The predicted octanol–water partition coefficient (Wildman–Crippen LogP) is 3.79. The van der Waals surface area contributed by atoms with Crippen LogP contribution in [-0.4, -0.2) is 38.9 Å². The average molecular weight is 334 g/mol. The summed E-state index contributed by atoms with van der Waals surface area (Å²) in [5.41, 5.74) is 0.381. The van der Waals surface area contributed by atoms with Crippen LogP contribution in [0.3, 0.4) is 0 Å². The highest BCUT2D eigenvalue weighted by atomic mass is 19.4. The number of carbonyl (C=O) groups is 1. The molecule has 1 rings (SSSR count). The third kappa shape index (κ3) is 6.60. The van der Waals surface area contributed by atoms with Crippen LogP contribution in [0, 0.1) is 0 Å². The summed E-state index contributed by atoms with van der Waals surface area (Å²) in [5, 5.41) is 0. The van der Waals surface area contributed by atoms with Gasteiger partial charge in [-0.1, -0.05) is 24.3 Å². The molecule has 0 fully saturated rings. The van der Waals surface area contributed by atoms with Gasteiger partial charge in [-0.15, -0.1) is 0 Å². The van der Waals surface area contributed by atoms with Crippen molar-refractivity contribution in [1.82, 2.24) is 0 Å². The van der Waals surface area contributed by atoms with E-state index in [1.165, 1.54) is 14.0 Å². The Kier molecular flexibility index (Phi) is 7.40. The van der Waals surface area contributed by atoms with Crippen LogP contribution in [0.25, 0.3) is 6.08 Å². The fourth-order valence-electron chi connectivity index (χ4n) is 1.53. The quantitative estimate of drug-likeness (QED) is 0.561. The number of methoxy groups -OCH3 is 1. The molecule has 0 amide bonds. The fraction of sp³-hybridized carbons (Fsp3) is 0.400. The molecule has 128 valence electrons. The second-order valence-corrected chi connectivity index (χ2v) is 4.21. The topological polar surface area (TPSA) is 54.0 Å². The predicted molar refractivity (Wildman–Crippen MR) is 75.9 cm³/mol. The van der Waals surface area contributed by atoms with Crippen LogP contribution >= 0.6 is 0 Å². The molecule has 1 unspecified atom stereocenters. The zero-order valence-electron chi connectivity index (χ0n) is 12.6. The summed E-state index contributed by atoms with van der Waals surface area (Å²) in [6.45, 7) is 1.33. The van der Waals surface area contributed by atoms with Gasteiger partial charge >= 0.3 is 12.3 Å². The van der Waals surface area contributed by atoms with E-state index in [-0.39, 0.29) is 13.4 Å². The molecule has 1 aromatic carbocycles. The maximum atomic E-state index is 12.9. The largest absolute Gasteiger partial charge is 0.509 e. The highest BCUT2D eigenvalue weighted by molar-refractivity contribution is 5.62. The summed E-state index contributed by atoms with van der Waals surface area (Å²) in [6, 6.07) is 6.43. The van der Waals surface area contributed by atoms with Crippen LogP contribution < -0.4 is 4.74 Å². The standard InChI is InChI=1S/C15H17F3O5/c1-3-21-14(19)23-13(15(16,17)18)9-8-11-6-4-5-7-12(11)22-10-20-2/h4-9,13H,3,10H2,1-2H3/b9-8+. The van der Waals surface area contributed by atoms with Gasteiger partial charge in [0.05, 0.1) is 6.61 Å². The van der Waals surface area contributed by atoms with Crippen molar-refractivity contribution in [3.05, 3.63) is 35.9 Å². The van der Waals surface area contributed by atoms with Gasteiger partial charge in [-0.25, -0.2) is 4.79 Å². The van der Waals surface area contributed by atoms with Gasteiger partial charge in [0.25, 0.3) is 0 Å². The highest BCUT2D eigenvalue weighted by Gasteiger charge is 2.41. The Labute approximate surface area is 131 Å². The van der Waals surface area contributed by atoms with Gasteiger partial charge in [-0.05, 0) is 19.1 Å². The van der Waals surface area contributed by atoms with Crippen molar-refractivity contribution in [2.24, 2.45) is 0 Å². The lowest BCUT2D eigenvalue weighted by Gasteiger charge is -2.17. The average Bonchev–Trinajstić information content (AvgIpc) is 2.49. The first-order valence-electron chi connectivity index (χ1n) is 6.67. The monoisotopic (exact) mass is 334 g/mol. The lowest BCUT2D eigenvalue weighted by atomic mass is 10.1. The number of alkyl halides is 3. The molecule has 0 spiro atoms. The third-order valence-electron chi connectivity index (χ3n) is 2.51. The van der Waals surface area contributed by atoms with Gasteiger partial charge < -0.3 is 18.9 Å². The Hall–Kier alpha value is -2.22. The first-order chi connectivity index (χ1) is 10.9. The van der Waals surface area contributed by atoms with E-state index in [0.29, 0.717) is 17.4 Å². The molecule has 5 nitrogen and oxygen atoms in total. The van der Waals surface area contributed by atoms with Gasteiger partial charge in [-0.2, -0.15) is 13.2 Å². The van der Waals surface area contributed by atoms with Crippen molar-refractivity contribution in [2.45, 2.75) is 19.2 Å². The maximum absolute atomic E-state index is 12.9. The highest BCUT2D eigenvalue weighted by Crippen LogP contribution is 2.26. The number of ether oxygens (including phenoxy) is 4. The molecule has 1 atom stereocenters. The van der Waals surface area contributed by atoms with E-state index < -0.39 is 18.4 Å². The molecule has 0 N–H and O–H groups in total. The van der Waals surface area contributed by atoms with E-state index in [1.807, 2.05) is 0 Å². The first-order valence-corrected chi connectivity index (χ1v) is 6.67. The van der Waals surface area contributed by atoms with Crippen LogP contribution in [-0.2, 0) is 14.2 Å². The van der Waals surface area contributed by atoms with E-state index >= 15 is 0 Å². The summed E-state index contributed by atoms with van der Waals surface area (Å²) >= 11 is 0. The number of rotatable bonds is 7. The van der Waals surface area contributed by atoms with Crippen LogP contribution in [0.1, 0.15) is 12.5 Å². The molecule has 0 saturated heterocycles. The van der Waals surface area contributed by atoms with Crippen molar-refractivity contribution < 1.29 is 36.9 Å². The van der Waals surface area contributed by atoms with Crippen LogP contribution in [0.5, 0.6) is 5.75 Å². The minimum atomic E-state index is -4.76. The molecule has 8 heteroatoms. The van der Waals surface area contributed by atoms with Crippen molar-refractivity contribution in [2.75, 3.05) is 20.5 Å². The molecule has 0 aliphatic carbocycles. The number of hydrogen-bond acceptors (Lipinski definition) is 5. The van der Waals surface area contributed by atoms with E-state index in [1.54, 1.807) is 24.3 Å². The molecule has 0 bridgehead atoms. The number of hydrogen-bond donors (Lipinski definition) is 0. The Morgan fingerprint density at radius 2 is 2.00 bits per heavy atom. The Morgan fingerprint density at radius 3 is 2.61 bits per heavy atom. The van der Waals surface area contributed by atoms with E-state index in [9.17, 15) is 18.0 Å². The van der Waals surface area contributed by atoms with Gasteiger partial charge in [0.1, 0.15) is 5.75 Å². The van der Waals surface area contributed by atoms with Gasteiger partial charge in [0.15, 0.2) is 6.79 Å². The number of halogens is 3. The van der Waals surface area contributed by atoms with Crippen molar-refractivity contribution in [3.63, 3.8) is 0 Å². The second-order valence-electron chi connectivity index (χ2n) is 4.21.